The van der Waals surface area contributed by atoms with Crippen molar-refractivity contribution >= 4 is 17.6 Å². The van der Waals surface area contributed by atoms with E-state index in [1.165, 1.54) is 0 Å². The zero-order chi connectivity index (χ0) is 16.4. The number of hydrogen-bond acceptors (Lipinski definition) is 3. The number of ether oxygens (including phenoxy) is 1. The lowest BCUT2D eigenvalue weighted by Crippen LogP contribution is -2.25. The molecule has 0 radical (unpaired) electrons. The molecule has 2 atom stereocenters. The maximum absolute atomic E-state index is 12.7. The standard InChI is InChI=1S/C19H19NO3/c1-12-7-6-10-16(13(12)2)20-19(22)15-11-17(21)23-18(15)14-8-4-3-5-9-14/h3-10,15,18H,11H2,1-2H3,(H,20,22)/t15-,18+/m0/s1. The van der Waals surface area contributed by atoms with Gasteiger partial charge in [0.05, 0.1) is 12.3 Å². The number of benzene rings is 2. The fourth-order valence-electron chi connectivity index (χ4n) is 2.84. The van der Waals surface area contributed by atoms with E-state index in [-0.39, 0.29) is 18.3 Å². The second kappa shape index (κ2) is 6.24. The molecule has 0 aromatic heterocycles. The predicted octanol–water partition coefficient (Wildman–Crippen LogP) is 3.55. The second-order valence-electron chi connectivity index (χ2n) is 5.87. The third-order valence-electron chi connectivity index (χ3n) is 4.34. The quantitative estimate of drug-likeness (QED) is 0.882. The highest BCUT2D eigenvalue weighted by Crippen LogP contribution is 2.36. The van der Waals surface area contributed by atoms with Gasteiger partial charge in [-0.2, -0.15) is 0 Å². The summed E-state index contributed by atoms with van der Waals surface area (Å²) in [6.07, 6.45) is -0.412. The van der Waals surface area contributed by atoms with Crippen molar-refractivity contribution in [3.8, 4) is 0 Å². The van der Waals surface area contributed by atoms with Crippen LogP contribution in [0, 0.1) is 19.8 Å². The third-order valence-corrected chi connectivity index (χ3v) is 4.34. The number of aryl methyl sites for hydroxylation is 1. The summed E-state index contributed by atoms with van der Waals surface area (Å²) in [5.74, 6) is -1.02. The van der Waals surface area contributed by atoms with Crippen molar-refractivity contribution < 1.29 is 14.3 Å². The van der Waals surface area contributed by atoms with Crippen molar-refractivity contribution in [3.05, 3.63) is 65.2 Å². The van der Waals surface area contributed by atoms with Gasteiger partial charge in [0.2, 0.25) is 5.91 Å². The van der Waals surface area contributed by atoms with Crippen LogP contribution in [0.4, 0.5) is 5.69 Å². The SMILES string of the molecule is Cc1cccc(NC(=O)[C@H]2CC(=O)O[C@@H]2c2ccccc2)c1C. The Labute approximate surface area is 135 Å². The van der Waals surface area contributed by atoms with Gasteiger partial charge in [-0.25, -0.2) is 0 Å². The number of nitrogens with one attached hydrogen (secondary N) is 1. The van der Waals surface area contributed by atoms with Gasteiger partial charge in [0, 0.05) is 5.69 Å². The predicted molar refractivity (Wildman–Crippen MR) is 87.9 cm³/mol. The number of amides is 1. The van der Waals surface area contributed by atoms with E-state index in [2.05, 4.69) is 5.32 Å². The fourth-order valence-corrected chi connectivity index (χ4v) is 2.84. The van der Waals surface area contributed by atoms with Crippen LogP contribution in [-0.2, 0) is 14.3 Å². The molecule has 0 unspecified atom stereocenters. The summed E-state index contributed by atoms with van der Waals surface area (Å²) in [6, 6.07) is 15.2. The van der Waals surface area contributed by atoms with Gasteiger partial charge in [-0.15, -0.1) is 0 Å². The van der Waals surface area contributed by atoms with E-state index in [0.717, 1.165) is 22.4 Å². The monoisotopic (exact) mass is 309 g/mol. The summed E-state index contributed by atoms with van der Waals surface area (Å²) < 4.78 is 5.37. The first-order valence-corrected chi connectivity index (χ1v) is 7.68. The summed E-state index contributed by atoms with van der Waals surface area (Å²) in [7, 11) is 0. The maximum atomic E-state index is 12.7. The van der Waals surface area contributed by atoms with Gasteiger partial charge < -0.3 is 10.1 Å². The number of anilines is 1. The summed E-state index contributed by atoms with van der Waals surface area (Å²) >= 11 is 0. The van der Waals surface area contributed by atoms with Crippen LogP contribution in [0.2, 0.25) is 0 Å². The minimum atomic E-state index is -0.520. The number of rotatable bonds is 3. The van der Waals surface area contributed by atoms with Crippen LogP contribution in [0.25, 0.3) is 0 Å². The topological polar surface area (TPSA) is 55.4 Å². The Morgan fingerprint density at radius 2 is 1.83 bits per heavy atom. The molecule has 23 heavy (non-hydrogen) atoms. The molecule has 1 saturated heterocycles. The highest BCUT2D eigenvalue weighted by atomic mass is 16.6. The Bertz CT molecular complexity index is 740. The highest BCUT2D eigenvalue weighted by molar-refractivity contribution is 5.97. The summed E-state index contributed by atoms with van der Waals surface area (Å²) in [4.78, 5) is 24.4. The molecule has 0 spiro atoms. The number of hydrogen-bond donors (Lipinski definition) is 1. The Morgan fingerprint density at radius 3 is 2.57 bits per heavy atom. The van der Waals surface area contributed by atoms with Gasteiger partial charge in [-0.1, -0.05) is 42.5 Å². The van der Waals surface area contributed by atoms with Crippen molar-refractivity contribution in [1.29, 1.82) is 0 Å². The minimum absolute atomic E-state index is 0.107. The Kier molecular flexibility index (Phi) is 4.15. The molecular formula is C19H19NO3. The van der Waals surface area contributed by atoms with E-state index in [9.17, 15) is 9.59 Å². The first-order chi connectivity index (χ1) is 11.1. The first-order valence-electron chi connectivity index (χ1n) is 7.68. The molecule has 1 heterocycles. The van der Waals surface area contributed by atoms with Gasteiger partial charge in [0.15, 0.2) is 0 Å². The van der Waals surface area contributed by atoms with Crippen LogP contribution in [0.3, 0.4) is 0 Å². The molecule has 4 nitrogen and oxygen atoms in total. The van der Waals surface area contributed by atoms with E-state index in [0.29, 0.717) is 0 Å². The molecule has 0 aliphatic carbocycles. The van der Waals surface area contributed by atoms with Crippen LogP contribution in [0.15, 0.2) is 48.5 Å². The van der Waals surface area contributed by atoms with E-state index in [1.54, 1.807) is 0 Å². The normalized spacial score (nSPS) is 20.2. The molecule has 2 aromatic rings. The average Bonchev–Trinajstić information content (AvgIpc) is 2.95. The highest BCUT2D eigenvalue weighted by Gasteiger charge is 2.40. The van der Waals surface area contributed by atoms with E-state index in [4.69, 9.17) is 4.74 Å². The molecule has 4 heteroatoms. The third kappa shape index (κ3) is 3.11. The molecule has 1 N–H and O–H groups in total. The molecule has 2 aromatic carbocycles. The summed E-state index contributed by atoms with van der Waals surface area (Å²) in [5.41, 5.74) is 3.77. The lowest BCUT2D eigenvalue weighted by atomic mass is 9.94. The van der Waals surface area contributed by atoms with Crippen LogP contribution < -0.4 is 5.32 Å². The van der Waals surface area contributed by atoms with E-state index in [1.807, 2.05) is 62.4 Å². The Morgan fingerprint density at radius 1 is 1.09 bits per heavy atom. The van der Waals surface area contributed by atoms with Gasteiger partial charge in [0.25, 0.3) is 0 Å². The second-order valence-corrected chi connectivity index (χ2v) is 5.87. The van der Waals surface area contributed by atoms with Crippen molar-refractivity contribution in [3.63, 3.8) is 0 Å². The largest absolute Gasteiger partial charge is 0.457 e. The summed E-state index contributed by atoms with van der Waals surface area (Å²) in [6.45, 7) is 3.97. The molecule has 1 fully saturated rings. The zero-order valence-electron chi connectivity index (χ0n) is 13.2. The minimum Gasteiger partial charge on any atom is -0.457 e. The van der Waals surface area contributed by atoms with Crippen molar-refractivity contribution in [2.24, 2.45) is 5.92 Å². The van der Waals surface area contributed by atoms with Crippen LogP contribution in [0.5, 0.6) is 0 Å². The van der Waals surface area contributed by atoms with Gasteiger partial charge in [-0.3, -0.25) is 9.59 Å². The lowest BCUT2D eigenvalue weighted by Gasteiger charge is -2.18. The molecular weight excluding hydrogens is 290 g/mol. The number of carbonyl (C=O) groups is 2. The molecule has 118 valence electrons. The Hall–Kier alpha value is -2.62. The van der Waals surface area contributed by atoms with Gasteiger partial charge in [-0.05, 0) is 36.6 Å². The molecule has 1 amide bonds. The fraction of sp³-hybridized carbons (Fsp3) is 0.263. The van der Waals surface area contributed by atoms with Crippen molar-refractivity contribution in [2.45, 2.75) is 26.4 Å². The van der Waals surface area contributed by atoms with Crippen LogP contribution >= 0.6 is 0 Å². The molecule has 1 aliphatic heterocycles. The maximum Gasteiger partial charge on any atom is 0.307 e. The lowest BCUT2D eigenvalue weighted by molar-refractivity contribution is -0.141. The molecule has 1 aliphatic rings. The zero-order valence-corrected chi connectivity index (χ0v) is 13.2. The van der Waals surface area contributed by atoms with Crippen molar-refractivity contribution in [1.82, 2.24) is 0 Å². The van der Waals surface area contributed by atoms with Crippen molar-refractivity contribution in [2.75, 3.05) is 5.32 Å². The number of cyclic esters (lactones) is 1. The van der Waals surface area contributed by atoms with Gasteiger partial charge >= 0.3 is 5.97 Å². The summed E-state index contributed by atoms with van der Waals surface area (Å²) in [5, 5.41) is 2.94. The average molecular weight is 309 g/mol. The molecule has 0 saturated carbocycles. The molecule has 3 rings (SSSR count). The molecule has 0 bridgehead atoms. The number of carbonyl (C=O) groups excluding carboxylic acids is 2. The van der Waals surface area contributed by atoms with Gasteiger partial charge in [0.1, 0.15) is 6.10 Å². The van der Waals surface area contributed by atoms with Crippen LogP contribution in [0.1, 0.15) is 29.2 Å². The Balaban J connectivity index is 1.83. The van der Waals surface area contributed by atoms with E-state index < -0.39 is 12.0 Å². The van der Waals surface area contributed by atoms with E-state index >= 15 is 0 Å². The first kappa shape index (κ1) is 15.3. The van der Waals surface area contributed by atoms with Crippen LogP contribution in [-0.4, -0.2) is 11.9 Å². The number of esters is 1. The smallest absolute Gasteiger partial charge is 0.307 e.